The lowest BCUT2D eigenvalue weighted by atomic mass is 9.94. The fourth-order valence-electron chi connectivity index (χ4n) is 3.12. The molecule has 0 saturated carbocycles. The third kappa shape index (κ3) is 2.68. The zero-order chi connectivity index (χ0) is 15.6. The van der Waals surface area contributed by atoms with E-state index >= 15 is 0 Å². The maximum absolute atomic E-state index is 11.9. The van der Waals surface area contributed by atoms with E-state index < -0.39 is 0 Å². The molecule has 2 nitrogen and oxygen atoms in total. The van der Waals surface area contributed by atoms with Crippen LogP contribution in [0.4, 0.5) is 0 Å². The topological polar surface area (TPSA) is 30.0 Å². The van der Waals surface area contributed by atoms with E-state index in [1.807, 2.05) is 30.3 Å². The average Bonchev–Trinajstić information content (AvgIpc) is 2.63. The van der Waals surface area contributed by atoms with Crippen LogP contribution in [0.1, 0.15) is 28.9 Å². The van der Waals surface area contributed by atoms with Crippen LogP contribution in [0.3, 0.4) is 0 Å². The van der Waals surface area contributed by atoms with Gasteiger partial charge in [-0.3, -0.25) is 9.78 Å². The van der Waals surface area contributed by atoms with Crippen molar-refractivity contribution in [1.29, 1.82) is 0 Å². The van der Waals surface area contributed by atoms with E-state index in [0.29, 0.717) is 6.42 Å². The molecule has 1 aliphatic carbocycles. The maximum Gasteiger partial charge on any atom is 0.164 e. The average molecular weight is 299 g/mol. The summed E-state index contributed by atoms with van der Waals surface area (Å²) in [7, 11) is 0. The predicted octanol–water partition coefficient (Wildman–Crippen LogP) is 4.93. The van der Waals surface area contributed by atoms with Crippen LogP contribution in [0.15, 0.2) is 66.7 Å². The quantitative estimate of drug-likeness (QED) is 0.671. The van der Waals surface area contributed by atoms with Crippen LogP contribution < -0.4 is 0 Å². The number of ketones is 1. The molecule has 0 unspecified atom stereocenters. The van der Waals surface area contributed by atoms with E-state index in [4.69, 9.17) is 4.98 Å². The van der Waals surface area contributed by atoms with Crippen LogP contribution in [0.25, 0.3) is 22.4 Å². The molecule has 112 valence electrons. The van der Waals surface area contributed by atoms with Crippen molar-refractivity contribution in [2.75, 3.05) is 0 Å². The van der Waals surface area contributed by atoms with E-state index in [9.17, 15) is 4.79 Å². The summed E-state index contributed by atoms with van der Waals surface area (Å²) >= 11 is 0. The van der Waals surface area contributed by atoms with Crippen molar-refractivity contribution in [2.24, 2.45) is 0 Å². The van der Waals surface area contributed by atoms with Crippen LogP contribution in [0.5, 0.6) is 0 Å². The Morgan fingerprint density at radius 1 is 0.696 bits per heavy atom. The molecule has 0 saturated heterocycles. The maximum atomic E-state index is 11.9. The number of hydrogen-bond donors (Lipinski definition) is 0. The van der Waals surface area contributed by atoms with Crippen molar-refractivity contribution in [3.8, 4) is 22.4 Å². The van der Waals surface area contributed by atoms with Crippen molar-refractivity contribution in [3.05, 3.63) is 78.0 Å². The number of benzene rings is 2. The number of carbonyl (C=O) groups excluding carboxylic acids is 1. The second kappa shape index (κ2) is 5.81. The van der Waals surface area contributed by atoms with Gasteiger partial charge in [-0.25, -0.2) is 0 Å². The first-order valence-electron chi connectivity index (χ1n) is 8.00. The summed E-state index contributed by atoms with van der Waals surface area (Å²) in [4.78, 5) is 16.6. The molecule has 0 radical (unpaired) electrons. The highest BCUT2D eigenvalue weighted by Crippen LogP contribution is 2.26. The summed E-state index contributed by atoms with van der Waals surface area (Å²) in [5.41, 5.74) is 6.20. The van der Waals surface area contributed by atoms with Crippen LogP contribution in [-0.4, -0.2) is 10.8 Å². The number of aromatic nitrogens is 1. The van der Waals surface area contributed by atoms with Crippen molar-refractivity contribution < 1.29 is 4.79 Å². The highest BCUT2D eigenvalue weighted by Gasteiger charge is 2.18. The van der Waals surface area contributed by atoms with Gasteiger partial charge in [0.15, 0.2) is 5.78 Å². The number of fused-ring (bicyclic) bond motifs is 1. The highest BCUT2D eigenvalue weighted by molar-refractivity contribution is 5.98. The molecule has 0 amide bonds. The minimum Gasteiger partial charge on any atom is -0.294 e. The molecule has 0 N–H and O–H groups in total. The Kier molecular flexibility index (Phi) is 3.51. The van der Waals surface area contributed by atoms with Gasteiger partial charge < -0.3 is 0 Å². The molecule has 2 aromatic carbocycles. The molecule has 1 aliphatic rings. The summed E-state index contributed by atoms with van der Waals surface area (Å²) in [6.45, 7) is 0. The van der Waals surface area contributed by atoms with Gasteiger partial charge in [0.25, 0.3) is 0 Å². The summed E-state index contributed by atoms with van der Waals surface area (Å²) in [6.07, 6.45) is 2.46. The summed E-state index contributed by atoms with van der Waals surface area (Å²) < 4.78 is 0. The fraction of sp³-hybridized carbons (Fsp3) is 0.143. The smallest absolute Gasteiger partial charge is 0.164 e. The van der Waals surface area contributed by atoms with Crippen molar-refractivity contribution in [3.63, 3.8) is 0 Å². The van der Waals surface area contributed by atoms with Gasteiger partial charge in [-0.05, 0) is 36.1 Å². The monoisotopic (exact) mass is 299 g/mol. The highest BCUT2D eigenvalue weighted by atomic mass is 16.1. The molecule has 1 aromatic heterocycles. The second-order valence-electron chi connectivity index (χ2n) is 5.91. The molecule has 0 atom stereocenters. The largest absolute Gasteiger partial charge is 0.294 e. The van der Waals surface area contributed by atoms with Crippen molar-refractivity contribution in [1.82, 2.24) is 4.98 Å². The first-order valence-corrected chi connectivity index (χ1v) is 8.00. The lowest BCUT2D eigenvalue weighted by Crippen LogP contribution is -2.12. The first-order chi connectivity index (χ1) is 11.3. The van der Waals surface area contributed by atoms with Gasteiger partial charge in [-0.2, -0.15) is 0 Å². The predicted molar refractivity (Wildman–Crippen MR) is 92.4 cm³/mol. The van der Waals surface area contributed by atoms with Gasteiger partial charge in [0.2, 0.25) is 0 Å². The fourth-order valence-corrected chi connectivity index (χ4v) is 3.12. The van der Waals surface area contributed by atoms with Gasteiger partial charge in [0, 0.05) is 17.5 Å². The van der Waals surface area contributed by atoms with Crippen LogP contribution in [0.2, 0.25) is 0 Å². The van der Waals surface area contributed by atoms with Gasteiger partial charge in [-0.15, -0.1) is 0 Å². The van der Waals surface area contributed by atoms with Gasteiger partial charge >= 0.3 is 0 Å². The van der Waals surface area contributed by atoms with E-state index in [-0.39, 0.29) is 5.78 Å². The number of hydrogen-bond acceptors (Lipinski definition) is 2. The van der Waals surface area contributed by atoms with E-state index in [1.165, 1.54) is 11.1 Å². The Labute approximate surface area is 135 Å². The lowest BCUT2D eigenvalue weighted by Gasteiger charge is -2.14. The minimum atomic E-state index is 0.227. The molecule has 4 rings (SSSR count). The van der Waals surface area contributed by atoms with Crippen molar-refractivity contribution in [2.45, 2.75) is 19.3 Å². The molecule has 0 fully saturated rings. The zero-order valence-corrected chi connectivity index (χ0v) is 12.8. The number of aryl methyl sites for hydroxylation is 1. The van der Waals surface area contributed by atoms with Gasteiger partial charge in [0.05, 0.1) is 11.4 Å². The molecule has 2 heteroatoms. The molecular formula is C21H17NO. The number of rotatable bonds is 2. The second-order valence-corrected chi connectivity index (χ2v) is 5.91. The summed E-state index contributed by atoms with van der Waals surface area (Å²) in [5, 5.41) is 0. The normalized spacial score (nSPS) is 13.7. The molecular weight excluding hydrogens is 282 g/mol. The summed E-state index contributed by atoms with van der Waals surface area (Å²) in [6, 6.07) is 22.7. The van der Waals surface area contributed by atoms with E-state index in [2.05, 4.69) is 36.4 Å². The Hall–Kier alpha value is -2.74. The SMILES string of the molecule is O=C1CCCc2nc(-c3ccc(-c4ccccc4)cc3)ccc21. The number of pyridine rings is 1. The van der Waals surface area contributed by atoms with E-state index in [0.717, 1.165) is 35.4 Å². The minimum absolute atomic E-state index is 0.227. The van der Waals surface area contributed by atoms with E-state index in [1.54, 1.807) is 0 Å². The Balaban J connectivity index is 1.67. The van der Waals surface area contributed by atoms with Crippen LogP contribution in [0, 0.1) is 0 Å². The number of Topliss-reactive ketones (excluding diaryl/α,β-unsaturated/α-hetero) is 1. The zero-order valence-electron chi connectivity index (χ0n) is 12.8. The molecule has 0 spiro atoms. The molecule has 1 heterocycles. The third-order valence-electron chi connectivity index (χ3n) is 4.38. The van der Waals surface area contributed by atoms with Crippen LogP contribution >= 0.6 is 0 Å². The van der Waals surface area contributed by atoms with Crippen molar-refractivity contribution >= 4 is 5.78 Å². The van der Waals surface area contributed by atoms with Gasteiger partial charge in [-0.1, -0.05) is 54.6 Å². The Morgan fingerprint density at radius 2 is 1.39 bits per heavy atom. The third-order valence-corrected chi connectivity index (χ3v) is 4.38. The Bertz CT molecular complexity index is 851. The molecule has 0 bridgehead atoms. The number of carbonyl (C=O) groups is 1. The van der Waals surface area contributed by atoms with Gasteiger partial charge in [0.1, 0.15) is 0 Å². The standard InChI is InChI=1S/C21H17NO/c23-21-8-4-7-20-18(21)13-14-19(22-20)17-11-9-16(10-12-17)15-5-2-1-3-6-15/h1-3,5-6,9-14H,4,7-8H2. The summed E-state index contributed by atoms with van der Waals surface area (Å²) in [5.74, 6) is 0.227. The number of nitrogens with zero attached hydrogens (tertiary/aromatic N) is 1. The Morgan fingerprint density at radius 3 is 2.17 bits per heavy atom. The molecule has 0 aliphatic heterocycles. The molecule has 23 heavy (non-hydrogen) atoms. The molecule has 3 aromatic rings. The lowest BCUT2D eigenvalue weighted by molar-refractivity contribution is 0.0971. The first kappa shape index (κ1) is 13.9. The van der Waals surface area contributed by atoms with Crippen LogP contribution in [-0.2, 0) is 6.42 Å².